The predicted octanol–water partition coefficient (Wildman–Crippen LogP) is 1.92. The van der Waals surface area contributed by atoms with Gasteiger partial charge in [-0.2, -0.15) is 0 Å². The van der Waals surface area contributed by atoms with Gasteiger partial charge in [-0.25, -0.2) is 8.42 Å². The molecule has 0 spiro atoms. The highest BCUT2D eigenvalue weighted by atomic mass is 32.2. The molecule has 0 aliphatic rings. The number of nitrogens with one attached hydrogen (secondary N) is 2. The van der Waals surface area contributed by atoms with Crippen LogP contribution in [0.2, 0.25) is 0 Å². The Morgan fingerprint density at radius 1 is 1.27 bits per heavy atom. The molecular formula is C14H17N3O4S. The maximum absolute atomic E-state index is 12.2. The fourth-order valence-electron chi connectivity index (χ4n) is 1.74. The molecule has 2 N–H and O–H groups in total. The third-order valence-electron chi connectivity index (χ3n) is 2.83. The van der Waals surface area contributed by atoms with Crippen LogP contribution in [0.1, 0.15) is 29.5 Å². The molecule has 0 radical (unpaired) electrons. The summed E-state index contributed by atoms with van der Waals surface area (Å²) in [6, 6.07) is 7.15. The second-order valence-electron chi connectivity index (χ2n) is 4.71. The average molecular weight is 323 g/mol. The van der Waals surface area contributed by atoms with Crippen molar-refractivity contribution in [3.05, 3.63) is 41.7 Å². The van der Waals surface area contributed by atoms with Crippen LogP contribution in [-0.4, -0.2) is 26.0 Å². The molecule has 0 aliphatic heterocycles. The van der Waals surface area contributed by atoms with Crippen LogP contribution in [-0.2, 0) is 10.0 Å². The molecule has 7 nitrogen and oxygen atoms in total. The highest BCUT2D eigenvalue weighted by Gasteiger charge is 2.16. The van der Waals surface area contributed by atoms with Crippen LogP contribution in [0.3, 0.4) is 0 Å². The predicted molar refractivity (Wildman–Crippen MR) is 81.1 cm³/mol. The van der Waals surface area contributed by atoms with Crippen molar-refractivity contribution in [1.29, 1.82) is 0 Å². The Hall–Kier alpha value is -2.35. The molecule has 22 heavy (non-hydrogen) atoms. The quantitative estimate of drug-likeness (QED) is 0.845. The van der Waals surface area contributed by atoms with Crippen LogP contribution < -0.4 is 10.0 Å². The third-order valence-corrected chi connectivity index (χ3v) is 4.20. The summed E-state index contributed by atoms with van der Waals surface area (Å²) in [6.07, 6.45) is 0.833. The van der Waals surface area contributed by atoms with E-state index in [0.717, 1.165) is 6.42 Å². The first-order valence-corrected chi connectivity index (χ1v) is 8.25. The number of carbonyl (C=O) groups is 1. The summed E-state index contributed by atoms with van der Waals surface area (Å²) in [5.74, 6) is 0.383. The van der Waals surface area contributed by atoms with Crippen LogP contribution in [0.15, 0.2) is 39.8 Å². The number of aromatic nitrogens is 1. The zero-order valence-electron chi connectivity index (χ0n) is 12.3. The lowest BCUT2D eigenvalue weighted by Crippen LogP contribution is -2.24. The van der Waals surface area contributed by atoms with Crippen LogP contribution in [0.4, 0.5) is 5.82 Å². The van der Waals surface area contributed by atoms with Gasteiger partial charge >= 0.3 is 0 Å². The van der Waals surface area contributed by atoms with Gasteiger partial charge in [0.15, 0.2) is 5.82 Å². The molecule has 0 saturated heterocycles. The fraction of sp³-hybridized carbons (Fsp3) is 0.286. The average Bonchev–Trinajstić information content (AvgIpc) is 2.89. The number of nitrogens with zero attached hydrogens (tertiary/aromatic N) is 1. The number of benzene rings is 1. The zero-order valence-corrected chi connectivity index (χ0v) is 13.1. The summed E-state index contributed by atoms with van der Waals surface area (Å²) in [5, 5.41) is 6.30. The molecule has 0 fully saturated rings. The molecule has 1 amide bonds. The maximum atomic E-state index is 12.2. The van der Waals surface area contributed by atoms with Gasteiger partial charge in [0.1, 0.15) is 5.76 Å². The highest BCUT2D eigenvalue weighted by molar-refractivity contribution is 7.92. The van der Waals surface area contributed by atoms with Crippen molar-refractivity contribution in [2.75, 3.05) is 11.3 Å². The molecule has 0 bridgehead atoms. The molecule has 118 valence electrons. The molecule has 1 aromatic heterocycles. The largest absolute Gasteiger partial charge is 0.360 e. The Labute approximate surface area is 128 Å². The molecule has 0 unspecified atom stereocenters. The summed E-state index contributed by atoms with van der Waals surface area (Å²) in [7, 11) is -3.76. The number of hydrogen-bond donors (Lipinski definition) is 2. The van der Waals surface area contributed by atoms with Crippen molar-refractivity contribution >= 4 is 21.7 Å². The van der Waals surface area contributed by atoms with Crippen molar-refractivity contribution in [2.24, 2.45) is 0 Å². The lowest BCUT2D eigenvalue weighted by Gasteiger charge is -2.07. The lowest BCUT2D eigenvalue weighted by atomic mass is 10.2. The van der Waals surface area contributed by atoms with Gasteiger partial charge < -0.3 is 9.84 Å². The molecule has 0 aliphatic carbocycles. The van der Waals surface area contributed by atoms with Crippen molar-refractivity contribution in [3.8, 4) is 0 Å². The fourth-order valence-corrected chi connectivity index (χ4v) is 2.72. The minimum atomic E-state index is -3.76. The van der Waals surface area contributed by atoms with Gasteiger partial charge in [0.05, 0.1) is 4.90 Å². The minimum absolute atomic E-state index is 0.0418. The molecule has 1 heterocycles. The molecule has 0 atom stereocenters. The van der Waals surface area contributed by atoms with E-state index in [4.69, 9.17) is 4.52 Å². The van der Waals surface area contributed by atoms with E-state index in [0.29, 0.717) is 17.9 Å². The smallest absolute Gasteiger partial charge is 0.263 e. The minimum Gasteiger partial charge on any atom is -0.360 e. The summed E-state index contributed by atoms with van der Waals surface area (Å²) in [6.45, 7) is 4.19. The number of rotatable bonds is 6. The summed E-state index contributed by atoms with van der Waals surface area (Å²) in [5.41, 5.74) is 0.407. The Kier molecular flexibility index (Phi) is 4.81. The van der Waals surface area contributed by atoms with Crippen molar-refractivity contribution in [1.82, 2.24) is 10.5 Å². The molecule has 2 aromatic rings. The molecule has 1 aromatic carbocycles. The van der Waals surface area contributed by atoms with Gasteiger partial charge in [-0.05, 0) is 37.6 Å². The van der Waals surface area contributed by atoms with Gasteiger partial charge in [-0.15, -0.1) is 0 Å². The standard InChI is InChI=1S/C14H17N3O4S/c1-3-8-15-14(18)11-4-6-12(7-5-11)22(19,20)17-13-9-10(2)21-16-13/h4-7,9H,3,8H2,1-2H3,(H,15,18)(H,16,17). The SMILES string of the molecule is CCCNC(=O)c1ccc(S(=O)(=O)Nc2cc(C)on2)cc1. The Morgan fingerprint density at radius 2 is 1.95 bits per heavy atom. The summed E-state index contributed by atoms with van der Waals surface area (Å²) >= 11 is 0. The normalized spacial score (nSPS) is 11.2. The van der Waals surface area contributed by atoms with Gasteiger partial charge in [-0.1, -0.05) is 12.1 Å². The van der Waals surface area contributed by atoms with Gasteiger partial charge in [0, 0.05) is 18.2 Å². The van der Waals surface area contributed by atoms with Crippen LogP contribution >= 0.6 is 0 Å². The number of hydrogen-bond acceptors (Lipinski definition) is 5. The van der Waals surface area contributed by atoms with E-state index < -0.39 is 10.0 Å². The van der Waals surface area contributed by atoms with Crippen LogP contribution in [0.25, 0.3) is 0 Å². The van der Waals surface area contributed by atoms with E-state index in [1.165, 1.54) is 30.3 Å². The third kappa shape index (κ3) is 3.85. The molecule has 2 rings (SSSR count). The Balaban J connectivity index is 2.13. The summed E-state index contributed by atoms with van der Waals surface area (Å²) in [4.78, 5) is 11.8. The number of sulfonamides is 1. The van der Waals surface area contributed by atoms with Crippen LogP contribution in [0, 0.1) is 6.92 Å². The van der Waals surface area contributed by atoms with Crippen molar-refractivity contribution in [3.63, 3.8) is 0 Å². The Bertz CT molecular complexity index is 751. The van der Waals surface area contributed by atoms with E-state index in [1.54, 1.807) is 6.92 Å². The molecule has 0 saturated carbocycles. The van der Waals surface area contributed by atoms with E-state index >= 15 is 0 Å². The number of aryl methyl sites for hydroxylation is 1. The number of amides is 1. The summed E-state index contributed by atoms with van der Waals surface area (Å²) < 4.78 is 31.5. The van der Waals surface area contributed by atoms with E-state index in [9.17, 15) is 13.2 Å². The van der Waals surface area contributed by atoms with Gasteiger partial charge in [0.25, 0.3) is 15.9 Å². The first kappa shape index (κ1) is 16.0. The second-order valence-corrected chi connectivity index (χ2v) is 6.39. The zero-order chi connectivity index (χ0) is 16.2. The maximum Gasteiger partial charge on any atom is 0.263 e. The number of anilines is 1. The Morgan fingerprint density at radius 3 is 2.50 bits per heavy atom. The second kappa shape index (κ2) is 6.61. The first-order valence-electron chi connectivity index (χ1n) is 6.77. The van der Waals surface area contributed by atoms with Gasteiger partial charge in [0.2, 0.25) is 0 Å². The van der Waals surface area contributed by atoms with Crippen molar-refractivity contribution in [2.45, 2.75) is 25.2 Å². The van der Waals surface area contributed by atoms with Crippen LogP contribution in [0.5, 0.6) is 0 Å². The van der Waals surface area contributed by atoms with Crippen molar-refractivity contribution < 1.29 is 17.7 Å². The number of carbonyl (C=O) groups excluding carboxylic acids is 1. The topological polar surface area (TPSA) is 101 Å². The monoisotopic (exact) mass is 323 g/mol. The molecule has 8 heteroatoms. The van der Waals surface area contributed by atoms with E-state index in [-0.39, 0.29) is 16.6 Å². The van der Waals surface area contributed by atoms with Gasteiger partial charge in [-0.3, -0.25) is 9.52 Å². The highest BCUT2D eigenvalue weighted by Crippen LogP contribution is 2.16. The first-order chi connectivity index (χ1) is 10.4. The van der Waals surface area contributed by atoms with E-state index in [2.05, 4.69) is 15.2 Å². The van der Waals surface area contributed by atoms with E-state index in [1.807, 2.05) is 6.92 Å². The molecular weight excluding hydrogens is 306 g/mol. The lowest BCUT2D eigenvalue weighted by molar-refractivity contribution is 0.0953.